The second-order valence-electron chi connectivity index (χ2n) is 6.38. The summed E-state index contributed by atoms with van der Waals surface area (Å²) in [6, 6.07) is 13.7. The molecule has 1 aromatic heterocycles. The lowest BCUT2D eigenvalue weighted by Gasteiger charge is -2.22. The van der Waals surface area contributed by atoms with Crippen LogP contribution in [0.5, 0.6) is 0 Å². The predicted molar refractivity (Wildman–Crippen MR) is 87.4 cm³/mol. The Morgan fingerprint density at radius 3 is 2.45 bits per heavy atom. The van der Waals surface area contributed by atoms with E-state index < -0.39 is 0 Å². The summed E-state index contributed by atoms with van der Waals surface area (Å²) >= 11 is 0. The zero-order valence-electron chi connectivity index (χ0n) is 12.9. The van der Waals surface area contributed by atoms with E-state index in [1.165, 1.54) is 43.7 Å². The van der Waals surface area contributed by atoms with Crippen molar-refractivity contribution in [3.63, 3.8) is 0 Å². The van der Waals surface area contributed by atoms with Gasteiger partial charge in [-0.2, -0.15) is 4.73 Å². The van der Waals surface area contributed by atoms with Gasteiger partial charge in [-0.3, -0.25) is 4.79 Å². The number of benzene rings is 1. The molecule has 3 heteroatoms. The maximum atomic E-state index is 12.0. The fourth-order valence-corrected chi connectivity index (χ4v) is 3.44. The van der Waals surface area contributed by atoms with Crippen molar-refractivity contribution in [2.45, 2.75) is 44.9 Å². The van der Waals surface area contributed by atoms with Gasteiger partial charge in [-0.15, -0.1) is 0 Å². The maximum Gasteiger partial charge on any atom is 0.283 e. The Bertz CT molecular complexity index is 670. The topological polar surface area (TPSA) is 42.2 Å². The third kappa shape index (κ3) is 3.59. The maximum absolute atomic E-state index is 12.0. The van der Waals surface area contributed by atoms with Crippen LogP contribution in [0.3, 0.4) is 0 Å². The molecule has 1 fully saturated rings. The Hall–Kier alpha value is -2.03. The van der Waals surface area contributed by atoms with Crippen molar-refractivity contribution in [2.75, 3.05) is 0 Å². The summed E-state index contributed by atoms with van der Waals surface area (Å²) in [5, 5.41) is 10.0. The van der Waals surface area contributed by atoms with Crippen molar-refractivity contribution in [1.82, 2.24) is 4.73 Å². The standard InChI is InChI=1S/C19H23NO2/c21-19-14-17(11-15-7-3-1-4-8-15)13-18(20(19)22)12-16-9-5-2-6-10-16/h1,3-4,7-8,13-14,16,22H,2,5-6,9-12H2. The zero-order valence-corrected chi connectivity index (χ0v) is 12.9. The van der Waals surface area contributed by atoms with Crippen molar-refractivity contribution >= 4 is 0 Å². The highest BCUT2D eigenvalue weighted by atomic mass is 16.5. The van der Waals surface area contributed by atoms with E-state index in [4.69, 9.17) is 0 Å². The number of pyridine rings is 1. The van der Waals surface area contributed by atoms with Gasteiger partial charge >= 0.3 is 0 Å². The molecule has 0 radical (unpaired) electrons. The molecule has 1 aromatic carbocycles. The number of hydrogen-bond donors (Lipinski definition) is 1. The normalized spacial score (nSPS) is 15.8. The predicted octanol–water partition coefficient (Wildman–Crippen LogP) is 3.80. The van der Waals surface area contributed by atoms with Crippen LogP contribution in [-0.4, -0.2) is 9.94 Å². The molecule has 2 aromatic rings. The summed E-state index contributed by atoms with van der Waals surface area (Å²) in [6.07, 6.45) is 7.79. The fourth-order valence-electron chi connectivity index (χ4n) is 3.44. The molecule has 1 N–H and O–H groups in total. The molecule has 0 unspecified atom stereocenters. The Morgan fingerprint density at radius 2 is 1.73 bits per heavy atom. The first-order valence-corrected chi connectivity index (χ1v) is 8.20. The highest BCUT2D eigenvalue weighted by molar-refractivity contribution is 5.26. The quantitative estimate of drug-likeness (QED) is 0.872. The molecule has 1 aliphatic rings. The van der Waals surface area contributed by atoms with Crippen LogP contribution in [0.4, 0.5) is 0 Å². The van der Waals surface area contributed by atoms with E-state index in [9.17, 15) is 10.0 Å². The molecule has 0 spiro atoms. The van der Waals surface area contributed by atoms with E-state index in [0.717, 1.165) is 28.8 Å². The largest absolute Gasteiger partial charge is 0.425 e. The SMILES string of the molecule is O=c1cc(Cc2ccccc2)cc(CC2CCCCC2)n1O. The first-order chi connectivity index (χ1) is 10.7. The Kier molecular flexibility index (Phi) is 4.62. The van der Waals surface area contributed by atoms with Gasteiger partial charge < -0.3 is 5.21 Å². The highest BCUT2D eigenvalue weighted by Gasteiger charge is 2.17. The number of rotatable bonds is 4. The van der Waals surface area contributed by atoms with Gasteiger partial charge in [-0.1, -0.05) is 62.4 Å². The smallest absolute Gasteiger partial charge is 0.283 e. The van der Waals surface area contributed by atoms with Gasteiger partial charge in [0.1, 0.15) is 0 Å². The van der Waals surface area contributed by atoms with Crippen molar-refractivity contribution in [3.05, 3.63) is 69.6 Å². The molecular formula is C19H23NO2. The van der Waals surface area contributed by atoms with E-state index in [-0.39, 0.29) is 5.56 Å². The minimum Gasteiger partial charge on any atom is -0.425 e. The van der Waals surface area contributed by atoms with Crippen LogP contribution in [0, 0.1) is 5.92 Å². The first kappa shape index (κ1) is 14.9. The average molecular weight is 297 g/mol. The molecule has 0 amide bonds. The van der Waals surface area contributed by atoms with Gasteiger partial charge in [-0.05, 0) is 36.0 Å². The summed E-state index contributed by atoms with van der Waals surface area (Å²) in [5.74, 6) is 0.596. The lowest BCUT2D eigenvalue weighted by atomic mass is 9.86. The van der Waals surface area contributed by atoms with Crippen molar-refractivity contribution in [2.24, 2.45) is 5.92 Å². The van der Waals surface area contributed by atoms with E-state index >= 15 is 0 Å². The second-order valence-corrected chi connectivity index (χ2v) is 6.38. The second kappa shape index (κ2) is 6.82. The van der Waals surface area contributed by atoms with E-state index in [1.54, 1.807) is 0 Å². The molecule has 1 heterocycles. The molecule has 3 nitrogen and oxygen atoms in total. The third-order valence-corrected chi connectivity index (χ3v) is 4.62. The minimum atomic E-state index is -0.320. The van der Waals surface area contributed by atoms with E-state index in [1.807, 2.05) is 24.3 Å². The first-order valence-electron chi connectivity index (χ1n) is 8.20. The number of hydrogen-bond acceptors (Lipinski definition) is 2. The van der Waals surface area contributed by atoms with Crippen LogP contribution in [0.15, 0.2) is 47.3 Å². The molecule has 22 heavy (non-hydrogen) atoms. The summed E-state index contributed by atoms with van der Waals surface area (Å²) in [7, 11) is 0. The zero-order chi connectivity index (χ0) is 15.4. The van der Waals surface area contributed by atoms with Gasteiger partial charge in [0.05, 0.1) is 5.69 Å². The molecular weight excluding hydrogens is 274 g/mol. The van der Waals surface area contributed by atoms with Crippen LogP contribution in [-0.2, 0) is 12.8 Å². The Morgan fingerprint density at radius 1 is 1.00 bits per heavy atom. The van der Waals surface area contributed by atoms with Crippen molar-refractivity contribution < 1.29 is 5.21 Å². The van der Waals surface area contributed by atoms with E-state index in [2.05, 4.69) is 12.1 Å². The molecule has 1 aliphatic carbocycles. The van der Waals surface area contributed by atoms with Gasteiger partial charge in [0, 0.05) is 6.07 Å². The fraction of sp³-hybridized carbons (Fsp3) is 0.421. The molecule has 0 bridgehead atoms. The molecule has 116 valence electrons. The molecule has 3 rings (SSSR count). The van der Waals surface area contributed by atoms with Gasteiger partial charge in [0.2, 0.25) is 0 Å². The molecule has 1 saturated carbocycles. The molecule has 0 atom stereocenters. The molecule has 0 saturated heterocycles. The van der Waals surface area contributed by atoms with Crippen LogP contribution in [0.2, 0.25) is 0 Å². The summed E-state index contributed by atoms with van der Waals surface area (Å²) in [5.41, 5.74) is 2.60. The van der Waals surface area contributed by atoms with Crippen LogP contribution in [0.1, 0.15) is 48.9 Å². The van der Waals surface area contributed by atoms with Crippen molar-refractivity contribution in [1.29, 1.82) is 0 Å². The van der Waals surface area contributed by atoms with Gasteiger partial charge in [-0.25, -0.2) is 0 Å². The third-order valence-electron chi connectivity index (χ3n) is 4.62. The summed E-state index contributed by atoms with van der Waals surface area (Å²) < 4.78 is 0.836. The van der Waals surface area contributed by atoms with Crippen LogP contribution in [0.25, 0.3) is 0 Å². The lowest BCUT2D eigenvalue weighted by molar-refractivity contribution is 0.160. The Balaban J connectivity index is 1.81. The Labute approximate surface area is 131 Å². The number of nitrogens with zero attached hydrogens (tertiary/aromatic N) is 1. The number of aromatic nitrogens is 1. The highest BCUT2D eigenvalue weighted by Crippen LogP contribution is 2.26. The summed E-state index contributed by atoms with van der Waals surface area (Å²) in [6.45, 7) is 0. The average Bonchev–Trinajstić information content (AvgIpc) is 2.54. The monoisotopic (exact) mass is 297 g/mol. The lowest BCUT2D eigenvalue weighted by Crippen LogP contribution is -2.23. The minimum absolute atomic E-state index is 0.320. The van der Waals surface area contributed by atoms with Crippen molar-refractivity contribution in [3.8, 4) is 0 Å². The van der Waals surface area contributed by atoms with Crippen LogP contribution < -0.4 is 5.56 Å². The van der Waals surface area contributed by atoms with Gasteiger partial charge in [0.15, 0.2) is 0 Å². The molecule has 0 aliphatic heterocycles. The summed E-state index contributed by atoms with van der Waals surface area (Å²) in [4.78, 5) is 12.0. The van der Waals surface area contributed by atoms with Crippen LogP contribution >= 0.6 is 0 Å². The van der Waals surface area contributed by atoms with Gasteiger partial charge in [0.25, 0.3) is 5.56 Å². The van der Waals surface area contributed by atoms with E-state index in [0.29, 0.717) is 5.92 Å².